The zero-order valence-corrected chi connectivity index (χ0v) is 10.9. The van der Waals surface area contributed by atoms with Gasteiger partial charge in [0, 0.05) is 18.1 Å². The summed E-state index contributed by atoms with van der Waals surface area (Å²) >= 11 is 0. The second kappa shape index (κ2) is 5.66. The molecule has 1 rings (SSSR count). The number of ether oxygens (including phenoxy) is 1. The molecule has 0 bridgehead atoms. The van der Waals surface area contributed by atoms with Gasteiger partial charge < -0.3 is 10.1 Å². The van der Waals surface area contributed by atoms with Crippen LogP contribution in [0.5, 0.6) is 0 Å². The minimum atomic E-state index is -0.685. The second-order valence-electron chi connectivity index (χ2n) is 4.39. The number of nitrogens with zero attached hydrogens (tertiary/aromatic N) is 1. The lowest BCUT2D eigenvalue weighted by Gasteiger charge is -2.29. The molecule has 1 heterocycles. The summed E-state index contributed by atoms with van der Waals surface area (Å²) in [4.78, 5) is 15.9. The second-order valence-corrected chi connectivity index (χ2v) is 4.39. The molecule has 0 amide bonds. The molecule has 1 unspecified atom stereocenters. The summed E-state index contributed by atoms with van der Waals surface area (Å²) < 4.78 is 4.86. The van der Waals surface area contributed by atoms with E-state index < -0.39 is 5.54 Å². The molecular weight excluding hydrogens is 216 g/mol. The number of carbonyl (C=O) groups is 1. The third-order valence-electron chi connectivity index (χ3n) is 2.82. The molecule has 0 aliphatic rings. The van der Waals surface area contributed by atoms with E-state index in [-0.39, 0.29) is 5.97 Å². The van der Waals surface area contributed by atoms with Crippen molar-refractivity contribution in [3.8, 4) is 0 Å². The van der Waals surface area contributed by atoms with Crippen LogP contribution in [0.4, 0.5) is 5.69 Å². The number of carbonyl (C=O) groups excluding carboxylic acids is 1. The first kappa shape index (κ1) is 13.5. The van der Waals surface area contributed by atoms with Gasteiger partial charge in [-0.05, 0) is 31.9 Å². The molecule has 17 heavy (non-hydrogen) atoms. The normalized spacial score (nSPS) is 13.9. The molecule has 0 radical (unpaired) electrons. The monoisotopic (exact) mass is 236 g/mol. The van der Waals surface area contributed by atoms with E-state index in [4.69, 9.17) is 4.74 Å². The highest BCUT2D eigenvalue weighted by Gasteiger charge is 2.33. The van der Waals surface area contributed by atoms with Gasteiger partial charge in [-0.25, -0.2) is 4.79 Å². The van der Waals surface area contributed by atoms with Gasteiger partial charge in [0.2, 0.25) is 0 Å². The van der Waals surface area contributed by atoms with Gasteiger partial charge >= 0.3 is 5.97 Å². The van der Waals surface area contributed by atoms with Crippen LogP contribution >= 0.6 is 0 Å². The lowest BCUT2D eigenvalue weighted by molar-refractivity contribution is -0.145. The smallest absolute Gasteiger partial charge is 0.331 e. The fraction of sp³-hybridized carbons (Fsp3) is 0.538. The van der Waals surface area contributed by atoms with Crippen LogP contribution in [0.25, 0.3) is 0 Å². The van der Waals surface area contributed by atoms with Gasteiger partial charge in [0.25, 0.3) is 0 Å². The van der Waals surface area contributed by atoms with Crippen molar-refractivity contribution in [3.63, 3.8) is 0 Å². The molecule has 0 spiro atoms. The summed E-state index contributed by atoms with van der Waals surface area (Å²) in [5, 5.41) is 3.26. The Morgan fingerprint density at radius 2 is 2.29 bits per heavy atom. The topological polar surface area (TPSA) is 51.2 Å². The maximum atomic E-state index is 11.8. The number of rotatable bonds is 5. The third-order valence-corrected chi connectivity index (χ3v) is 2.82. The SMILES string of the molecule is CCCC(C)(Nc1ccncc1C)C(=O)OC. The van der Waals surface area contributed by atoms with E-state index in [9.17, 15) is 4.79 Å². The molecule has 0 saturated heterocycles. The first-order valence-corrected chi connectivity index (χ1v) is 5.80. The fourth-order valence-electron chi connectivity index (χ4n) is 1.85. The van der Waals surface area contributed by atoms with Gasteiger partial charge in [-0.2, -0.15) is 0 Å². The van der Waals surface area contributed by atoms with Gasteiger partial charge in [0.1, 0.15) is 5.54 Å². The molecule has 1 aromatic heterocycles. The number of aromatic nitrogens is 1. The summed E-state index contributed by atoms with van der Waals surface area (Å²) in [5.41, 5.74) is 1.25. The quantitative estimate of drug-likeness (QED) is 0.798. The number of pyridine rings is 1. The average molecular weight is 236 g/mol. The van der Waals surface area contributed by atoms with Crippen LogP contribution in [-0.4, -0.2) is 23.6 Å². The van der Waals surface area contributed by atoms with Crippen LogP contribution in [0, 0.1) is 6.92 Å². The highest BCUT2D eigenvalue weighted by molar-refractivity contribution is 5.84. The highest BCUT2D eigenvalue weighted by Crippen LogP contribution is 2.23. The maximum Gasteiger partial charge on any atom is 0.331 e. The maximum absolute atomic E-state index is 11.8. The lowest BCUT2D eigenvalue weighted by atomic mass is 9.95. The van der Waals surface area contributed by atoms with Gasteiger partial charge in [-0.3, -0.25) is 4.98 Å². The number of esters is 1. The van der Waals surface area contributed by atoms with E-state index in [0.717, 1.165) is 24.1 Å². The molecule has 4 heteroatoms. The Kier molecular flexibility index (Phi) is 4.49. The van der Waals surface area contributed by atoms with Crippen molar-refractivity contribution in [2.24, 2.45) is 0 Å². The van der Waals surface area contributed by atoms with E-state index >= 15 is 0 Å². The van der Waals surface area contributed by atoms with Crippen molar-refractivity contribution in [1.29, 1.82) is 0 Å². The first-order valence-electron chi connectivity index (χ1n) is 5.80. The Hall–Kier alpha value is -1.58. The van der Waals surface area contributed by atoms with E-state index in [1.165, 1.54) is 7.11 Å². The van der Waals surface area contributed by atoms with Crippen molar-refractivity contribution in [3.05, 3.63) is 24.0 Å². The number of methoxy groups -OCH3 is 1. The molecular formula is C13H20N2O2. The minimum absolute atomic E-state index is 0.240. The Morgan fingerprint density at radius 3 is 2.82 bits per heavy atom. The number of anilines is 1. The number of nitrogens with one attached hydrogen (secondary N) is 1. The molecule has 0 aliphatic heterocycles. The fourth-order valence-corrected chi connectivity index (χ4v) is 1.85. The molecule has 94 valence electrons. The van der Waals surface area contributed by atoms with Crippen LogP contribution in [0.1, 0.15) is 32.3 Å². The van der Waals surface area contributed by atoms with Crippen molar-refractivity contribution in [2.75, 3.05) is 12.4 Å². The standard InChI is InChI=1S/C13H20N2O2/c1-5-7-13(3,12(16)17-4)15-11-6-8-14-9-10(11)2/h6,8-9H,5,7H2,1-4H3,(H,14,15). The van der Waals surface area contributed by atoms with Gasteiger partial charge in [-0.15, -0.1) is 0 Å². The minimum Gasteiger partial charge on any atom is -0.467 e. The molecule has 1 N–H and O–H groups in total. The van der Waals surface area contributed by atoms with E-state index in [2.05, 4.69) is 10.3 Å². The van der Waals surface area contributed by atoms with Crippen LogP contribution in [0.2, 0.25) is 0 Å². The highest BCUT2D eigenvalue weighted by atomic mass is 16.5. The zero-order chi connectivity index (χ0) is 12.9. The van der Waals surface area contributed by atoms with Crippen molar-refractivity contribution >= 4 is 11.7 Å². The molecule has 4 nitrogen and oxygen atoms in total. The molecule has 1 aromatic rings. The molecule has 0 aromatic carbocycles. The van der Waals surface area contributed by atoms with Gasteiger partial charge in [-0.1, -0.05) is 13.3 Å². The van der Waals surface area contributed by atoms with Gasteiger partial charge in [0.05, 0.1) is 7.11 Å². The summed E-state index contributed by atoms with van der Waals surface area (Å²) in [6, 6.07) is 1.87. The zero-order valence-electron chi connectivity index (χ0n) is 10.9. The van der Waals surface area contributed by atoms with Crippen LogP contribution < -0.4 is 5.32 Å². The Labute approximate surface area is 102 Å². The van der Waals surface area contributed by atoms with Crippen molar-refractivity contribution in [1.82, 2.24) is 4.98 Å². The lowest BCUT2D eigenvalue weighted by Crippen LogP contribution is -2.44. The largest absolute Gasteiger partial charge is 0.467 e. The predicted molar refractivity (Wildman–Crippen MR) is 67.9 cm³/mol. The molecule has 1 atom stereocenters. The number of hydrogen-bond acceptors (Lipinski definition) is 4. The van der Waals surface area contributed by atoms with Crippen LogP contribution in [0.3, 0.4) is 0 Å². The third kappa shape index (κ3) is 3.19. The van der Waals surface area contributed by atoms with Crippen LogP contribution in [-0.2, 0) is 9.53 Å². The summed E-state index contributed by atoms with van der Waals surface area (Å²) in [7, 11) is 1.41. The Balaban J connectivity index is 2.94. The van der Waals surface area contributed by atoms with Crippen LogP contribution in [0.15, 0.2) is 18.5 Å². The van der Waals surface area contributed by atoms with E-state index in [0.29, 0.717) is 0 Å². The van der Waals surface area contributed by atoms with Crippen molar-refractivity contribution < 1.29 is 9.53 Å². The summed E-state index contributed by atoms with van der Waals surface area (Å²) in [6.07, 6.45) is 5.11. The van der Waals surface area contributed by atoms with E-state index in [1.54, 1.807) is 12.4 Å². The van der Waals surface area contributed by atoms with Crippen molar-refractivity contribution in [2.45, 2.75) is 39.2 Å². The van der Waals surface area contributed by atoms with E-state index in [1.807, 2.05) is 26.8 Å². The first-order chi connectivity index (χ1) is 8.03. The summed E-state index contributed by atoms with van der Waals surface area (Å²) in [5.74, 6) is -0.240. The number of hydrogen-bond donors (Lipinski definition) is 1. The molecule has 0 saturated carbocycles. The average Bonchev–Trinajstić information content (AvgIpc) is 2.31. The molecule has 0 aliphatic carbocycles. The van der Waals surface area contributed by atoms with Gasteiger partial charge in [0.15, 0.2) is 0 Å². The molecule has 0 fully saturated rings. The summed E-state index contributed by atoms with van der Waals surface area (Å²) in [6.45, 7) is 5.86. The number of aryl methyl sites for hydroxylation is 1. The predicted octanol–water partition coefficient (Wildman–Crippen LogP) is 2.53. The Morgan fingerprint density at radius 1 is 1.59 bits per heavy atom. The Bertz CT molecular complexity index is 393.